The summed E-state index contributed by atoms with van der Waals surface area (Å²) in [6, 6.07) is 3.30. The molecule has 0 fully saturated rings. The predicted molar refractivity (Wildman–Crippen MR) is 68.5 cm³/mol. The highest BCUT2D eigenvalue weighted by Crippen LogP contribution is 2.33. The van der Waals surface area contributed by atoms with Crippen LogP contribution in [0, 0.1) is 0 Å². The van der Waals surface area contributed by atoms with Gasteiger partial charge in [-0.2, -0.15) is 0 Å². The van der Waals surface area contributed by atoms with Crippen LogP contribution in [0.4, 0.5) is 0 Å². The summed E-state index contributed by atoms with van der Waals surface area (Å²) in [5, 5.41) is 0. The Hall–Kier alpha value is -2.30. The van der Waals surface area contributed by atoms with Crippen LogP contribution in [0.25, 0.3) is 6.08 Å². The average Bonchev–Trinajstić information content (AvgIpc) is 2.76. The first-order chi connectivity index (χ1) is 9.15. The van der Waals surface area contributed by atoms with Gasteiger partial charge in [-0.3, -0.25) is 4.79 Å². The van der Waals surface area contributed by atoms with E-state index >= 15 is 0 Å². The van der Waals surface area contributed by atoms with Crippen LogP contribution in [0.3, 0.4) is 0 Å². The van der Waals surface area contributed by atoms with Crippen molar-refractivity contribution in [2.24, 2.45) is 0 Å². The first kappa shape index (κ1) is 13.1. The lowest BCUT2D eigenvalue weighted by molar-refractivity contribution is -0.137. The molecule has 0 amide bonds. The maximum atomic E-state index is 11.6. The Morgan fingerprint density at radius 2 is 2.26 bits per heavy atom. The molecule has 0 saturated carbocycles. The number of hydrogen-bond donors (Lipinski definition) is 0. The third-order valence-electron chi connectivity index (χ3n) is 2.68. The molecule has 1 aliphatic heterocycles. The van der Waals surface area contributed by atoms with Crippen LogP contribution in [-0.4, -0.2) is 32.1 Å². The minimum atomic E-state index is -0.437. The van der Waals surface area contributed by atoms with Crippen molar-refractivity contribution in [2.75, 3.05) is 20.3 Å². The Balaban J connectivity index is 2.32. The van der Waals surface area contributed by atoms with Crippen LogP contribution >= 0.6 is 0 Å². The molecular formula is C14H14O5. The van der Waals surface area contributed by atoms with Crippen molar-refractivity contribution in [3.63, 3.8) is 0 Å². The molecule has 0 N–H and O–H groups in total. The molecule has 19 heavy (non-hydrogen) atoms. The van der Waals surface area contributed by atoms with E-state index in [1.807, 2.05) is 0 Å². The molecule has 1 aliphatic rings. The van der Waals surface area contributed by atoms with Crippen LogP contribution in [0.1, 0.15) is 22.8 Å². The molecule has 0 atom stereocenters. The van der Waals surface area contributed by atoms with Gasteiger partial charge in [0.1, 0.15) is 11.5 Å². The fourth-order valence-electron chi connectivity index (χ4n) is 1.79. The Kier molecular flexibility index (Phi) is 3.85. The van der Waals surface area contributed by atoms with Crippen LogP contribution in [0.15, 0.2) is 18.2 Å². The first-order valence-corrected chi connectivity index (χ1v) is 5.88. The maximum absolute atomic E-state index is 11.6. The summed E-state index contributed by atoms with van der Waals surface area (Å²) < 4.78 is 15.2. The van der Waals surface area contributed by atoms with E-state index in [4.69, 9.17) is 14.2 Å². The molecule has 5 heteroatoms. The van der Waals surface area contributed by atoms with Crippen molar-refractivity contribution in [1.82, 2.24) is 0 Å². The minimum absolute atomic E-state index is 0.0452. The van der Waals surface area contributed by atoms with E-state index in [2.05, 4.69) is 0 Å². The smallest absolute Gasteiger partial charge is 0.330 e. The van der Waals surface area contributed by atoms with E-state index in [1.165, 1.54) is 13.2 Å². The number of rotatable bonds is 4. The van der Waals surface area contributed by atoms with E-state index in [1.54, 1.807) is 25.1 Å². The van der Waals surface area contributed by atoms with Crippen LogP contribution in [-0.2, 0) is 9.53 Å². The first-order valence-electron chi connectivity index (χ1n) is 5.88. The van der Waals surface area contributed by atoms with Gasteiger partial charge >= 0.3 is 5.97 Å². The van der Waals surface area contributed by atoms with Gasteiger partial charge in [0.15, 0.2) is 6.61 Å². The average molecular weight is 262 g/mol. The van der Waals surface area contributed by atoms with Crippen molar-refractivity contribution in [2.45, 2.75) is 6.92 Å². The summed E-state index contributed by atoms with van der Waals surface area (Å²) in [4.78, 5) is 22.8. The standard InChI is InChI=1S/C14H14O5/c1-3-18-14(16)5-4-9-6-10-11(15)8-19-13(10)7-12(9)17-2/h4-7H,3,8H2,1-2H3/b5-4+. The van der Waals surface area contributed by atoms with Gasteiger partial charge in [0.05, 0.1) is 19.3 Å². The fourth-order valence-corrected chi connectivity index (χ4v) is 1.79. The third kappa shape index (κ3) is 2.76. The van der Waals surface area contributed by atoms with Gasteiger partial charge in [-0.05, 0) is 19.1 Å². The molecular weight excluding hydrogens is 248 g/mol. The van der Waals surface area contributed by atoms with Gasteiger partial charge < -0.3 is 14.2 Å². The second kappa shape index (κ2) is 5.56. The zero-order valence-corrected chi connectivity index (χ0v) is 10.8. The second-order valence-electron chi connectivity index (χ2n) is 3.89. The molecule has 2 rings (SSSR count). The molecule has 0 aromatic heterocycles. The predicted octanol–water partition coefficient (Wildman–Crippen LogP) is 1.85. The van der Waals surface area contributed by atoms with Crippen LogP contribution in [0.5, 0.6) is 11.5 Å². The van der Waals surface area contributed by atoms with Gasteiger partial charge in [0, 0.05) is 17.7 Å². The zero-order valence-electron chi connectivity index (χ0n) is 10.8. The van der Waals surface area contributed by atoms with Gasteiger partial charge in [0.2, 0.25) is 5.78 Å². The Bertz CT molecular complexity index is 545. The lowest BCUT2D eigenvalue weighted by Gasteiger charge is -2.07. The zero-order chi connectivity index (χ0) is 13.8. The molecule has 0 bridgehead atoms. The molecule has 0 radical (unpaired) electrons. The number of benzene rings is 1. The number of carbonyl (C=O) groups is 2. The molecule has 1 heterocycles. The summed E-state index contributed by atoms with van der Waals surface area (Å²) in [7, 11) is 1.51. The molecule has 100 valence electrons. The van der Waals surface area contributed by atoms with Crippen molar-refractivity contribution in [3.05, 3.63) is 29.3 Å². The molecule has 0 saturated heterocycles. The largest absolute Gasteiger partial charge is 0.496 e. The number of carbonyl (C=O) groups excluding carboxylic acids is 2. The van der Waals surface area contributed by atoms with E-state index in [9.17, 15) is 9.59 Å². The summed E-state index contributed by atoms with van der Waals surface area (Å²) in [6.45, 7) is 2.10. The maximum Gasteiger partial charge on any atom is 0.330 e. The molecule has 5 nitrogen and oxygen atoms in total. The lowest BCUT2D eigenvalue weighted by atomic mass is 10.1. The number of fused-ring (bicyclic) bond motifs is 1. The third-order valence-corrected chi connectivity index (χ3v) is 2.68. The topological polar surface area (TPSA) is 61.8 Å². The summed E-state index contributed by atoms with van der Waals surface area (Å²) in [5.74, 6) is 0.528. The van der Waals surface area contributed by atoms with Crippen LogP contribution < -0.4 is 9.47 Å². The quantitative estimate of drug-likeness (QED) is 0.612. The van der Waals surface area contributed by atoms with Crippen LogP contribution in [0.2, 0.25) is 0 Å². The normalized spacial score (nSPS) is 13.3. The molecule has 0 unspecified atom stereocenters. The Labute approximate surface area is 110 Å². The number of hydrogen-bond acceptors (Lipinski definition) is 5. The Morgan fingerprint density at radius 3 is 2.95 bits per heavy atom. The summed E-state index contributed by atoms with van der Waals surface area (Å²) >= 11 is 0. The van der Waals surface area contributed by atoms with E-state index in [0.717, 1.165) is 0 Å². The molecule has 0 spiro atoms. The van der Waals surface area contributed by atoms with E-state index in [-0.39, 0.29) is 12.4 Å². The number of ether oxygens (including phenoxy) is 3. The van der Waals surface area contributed by atoms with Gasteiger partial charge in [0.25, 0.3) is 0 Å². The highest BCUT2D eigenvalue weighted by Gasteiger charge is 2.23. The second-order valence-corrected chi connectivity index (χ2v) is 3.89. The molecule has 1 aromatic carbocycles. The van der Waals surface area contributed by atoms with Crippen molar-refractivity contribution in [1.29, 1.82) is 0 Å². The summed E-state index contributed by atoms with van der Waals surface area (Å²) in [5.41, 5.74) is 1.14. The minimum Gasteiger partial charge on any atom is -0.496 e. The van der Waals surface area contributed by atoms with Crippen molar-refractivity contribution < 1.29 is 23.8 Å². The fraction of sp³-hybridized carbons (Fsp3) is 0.286. The lowest BCUT2D eigenvalue weighted by Crippen LogP contribution is -2.00. The highest BCUT2D eigenvalue weighted by molar-refractivity contribution is 6.03. The van der Waals surface area contributed by atoms with Crippen molar-refractivity contribution >= 4 is 17.8 Å². The van der Waals surface area contributed by atoms with Gasteiger partial charge in [-0.1, -0.05) is 0 Å². The molecule has 0 aliphatic carbocycles. The van der Waals surface area contributed by atoms with Gasteiger partial charge in [-0.15, -0.1) is 0 Å². The SMILES string of the molecule is CCOC(=O)/C=C/c1cc2c(cc1OC)OCC2=O. The number of ketones is 1. The number of methoxy groups -OCH3 is 1. The van der Waals surface area contributed by atoms with E-state index in [0.29, 0.717) is 29.2 Å². The summed E-state index contributed by atoms with van der Waals surface area (Å²) in [6.07, 6.45) is 2.86. The molecule has 1 aromatic rings. The number of Topliss-reactive ketones (excluding diaryl/α,β-unsaturated/α-hetero) is 1. The monoisotopic (exact) mass is 262 g/mol. The highest BCUT2D eigenvalue weighted by atomic mass is 16.5. The Morgan fingerprint density at radius 1 is 1.47 bits per heavy atom. The van der Waals surface area contributed by atoms with Gasteiger partial charge in [-0.25, -0.2) is 4.79 Å². The van der Waals surface area contributed by atoms with Crippen molar-refractivity contribution in [3.8, 4) is 11.5 Å². The number of esters is 1. The van der Waals surface area contributed by atoms with E-state index < -0.39 is 5.97 Å².